The Morgan fingerprint density at radius 2 is 2.31 bits per heavy atom. The summed E-state index contributed by atoms with van der Waals surface area (Å²) in [5.41, 5.74) is 9.05. The maximum absolute atomic E-state index is 6.07. The Bertz CT molecular complexity index is 514. The fourth-order valence-corrected chi connectivity index (χ4v) is 2.11. The van der Waals surface area contributed by atoms with Crippen LogP contribution in [-0.2, 0) is 6.42 Å². The molecule has 1 atom stereocenters. The number of hydrogen-bond acceptors (Lipinski definition) is 3. The Kier molecular flexibility index (Phi) is 2.21. The highest BCUT2D eigenvalue weighted by molar-refractivity contribution is 5.75. The van der Waals surface area contributed by atoms with E-state index in [1.165, 1.54) is 12.8 Å². The number of aryl methyl sites for hydroxylation is 1. The Labute approximate surface area is 94.7 Å². The molecular formula is C13H16N2O. The minimum atomic E-state index is 0.216. The number of para-hydroxylation sites is 1. The zero-order chi connectivity index (χ0) is 11.1. The molecule has 1 unspecified atom stereocenters. The van der Waals surface area contributed by atoms with Crippen LogP contribution in [0.5, 0.6) is 0 Å². The summed E-state index contributed by atoms with van der Waals surface area (Å²) >= 11 is 0. The number of hydrogen-bond donors (Lipinski definition) is 1. The quantitative estimate of drug-likeness (QED) is 0.857. The van der Waals surface area contributed by atoms with Crippen LogP contribution in [0, 0.1) is 12.8 Å². The van der Waals surface area contributed by atoms with E-state index in [0.717, 1.165) is 29.0 Å². The van der Waals surface area contributed by atoms with Gasteiger partial charge in [-0.25, -0.2) is 4.98 Å². The predicted octanol–water partition coefficient (Wildman–Crippen LogP) is 2.42. The zero-order valence-electron chi connectivity index (χ0n) is 9.44. The van der Waals surface area contributed by atoms with Crippen LogP contribution in [0.4, 0.5) is 0 Å². The lowest BCUT2D eigenvalue weighted by Gasteiger charge is -2.05. The molecule has 1 heterocycles. The molecule has 3 heteroatoms. The van der Waals surface area contributed by atoms with E-state index in [1.807, 2.05) is 25.1 Å². The average Bonchev–Trinajstić information content (AvgIpc) is 3.01. The highest BCUT2D eigenvalue weighted by Crippen LogP contribution is 2.33. The van der Waals surface area contributed by atoms with E-state index in [0.29, 0.717) is 5.92 Å². The molecule has 3 rings (SSSR count). The van der Waals surface area contributed by atoms with E-state index in [4.69, 9.17) is 10.2 Å². The zero-order valence-corrected chi connectivity index (χ0v) is 9.44. The summed E-state index contributed by atoms with van der Waals surface area (Å²) in [5, 5.41) is 0. The van der Waals surface area contributed by atoms with Crippen LogP contribution in [0.2, 0.25) is 0 Å². The highest BCUT2D eigenvalue weighted by atomic mass is 16.3. The van der Waals surface area contributed by atoms with E-state index in [2.05, 4.69) is 4.98 Å². The molecule has 1 aliphatic rings. The summed E-state index contributed by atoms with van der Waals surface area (Å²) in [6, 6.07) is 6.24. The van der Waals surface area contributed by atoms with E-state index in [9.17, 15) is 0 Å². The van der Waals surface area contributed by atoms with Crippen molar-refractivity contribution < 1.29 is 4.42 Å². The molecule has 0 amide bonds. The van der Waals surface area contributed by atoms with E-state index in [1.54, 1.807) is 0 Å². The molecule has 84 valence electrons. The highest BCUT2D eigenvalue weighted by Gasteiger charge is 2.29. The van der Waals surface area contributed by atoms with Gasteiger partial charge in [-0.1, -0.05) is 12.1 Å². The Balaban J connectivity index is 1.89. The third-order valence-corrected chi connectivity index (χ3v) is 3.29. The second-order valence-electron chi connectivity index (χ2n) is 4.74. The van der Waals surface area contributed by atoms with Crippen molar-refractivity contribution in [3.8, 4) is 0 Å². The largest absolute Gasteiger partial charge is 0.440 e. The van der Waals surface area contributed by atoms with Gasteiger partial charge in [0.15, 0.2) is 11.5 Å². The maximum atomic E-state index is 6.07. The molecule has 1 aliphatic carbocycles. The van der Waals surface area contributed by atoms with Crippen LogP contribution in [0.1, 0.15) is 24.3 Å². The van der Waals surface area contributed by atoms with Crippen molar-refractivity contribution in [2.24, 2.45) is 11.7 Å². The van der Waals surface area contributed by atoms with Crippen LogP contribution in [0.15, 0.2) is 22.6 Å². The topological polar surface area (TPSA) is 52.0 Å². The van der Waals surface area contributed by atoms with Crippen LogP contribution < -0.4 is 5.73 Å². The lowest BCUT2D eigenvalue weighted by atomic mass is 10.1. The Morgan fingerprint density at radius 1 is 1.50 bits per heavy atom. The van der Waals surface area contributed by atoms with Crippen molar-refractivity contribution in [3.05, 3.63) is 29.7 Å². The van der Waals surface area contributed by atoms with Crippen molar-refractivity contribution >= 4 is 11.1 Å². The molecule has 0 radical (unpaired) electrons. The summed E-state index contributed by atoms with van der Waals surface area (Å²) in [7, 11) is 0. The van der Waals surface area contributed by atoms with Crippen molar-refractivity contribution in [3.63, 3.8) is 0 Å². The van der Waals surface area contributed by atoms with Gasteiger partial charge in [0.05, 0.1) is 0 Å². The first-order valence-corrected chi connectivity index (χ1v) is 5.84. The minimum Gasteiger partial charge on any atom is -0.440 e. The van der Waals surface area contributed by atoms with Crippen molar-refractivity contribution in [1.82, 2.24) is 4.98 Å². The van der Waals surface area contributed by atoms with Gasteiger partial charge < -0.3 is 10.2 Å². The minimum absolute atomic E-state index is 0.216. The first kappa shape index (κ1) is 9.85. The van der Waals surface area contributed by atoms with E-state index < -0.39 is 0 Å². The molecule has 1 fully saturated rings. The summed E-state index contributed by atoms with van der Waals surface area (Å²) in [5.74, 6) is 1.47. The Hall–Kier alpha value is -1.35. The first-order chi connectivity index (χ1) is 7.74. The van der Waals surface area contributed by atoms with Crippen molar-refractivity contribution in [2.75, 3.05) is 0 Å². The van der Waals surface area contributed by atoms with Gasteiger partial charge in [0.2, 0.25) is 0 Å². The van der Waals surface area contributed by atoms with Crippen molar-refractivity contribution in [1.29, 1.82) is 0 Å². The second-order valence-corrected chi connectivity index (χ2v) is 4.74. The first-order valence-electron chi connectivity index (χ1n) is 5.84. The number of oxazole rings is 1. The third-order valence-electron chi connectivity index (χ3n) is 3.29. The SMILES string of the molecule is Cc1cccc2nc(CC(N)C3CC3)oc12. The standard InChI is InChI=1S/C13H16N2O/c1-8-3-2-4-11-13(8)16-12(15-11)7-10(14)9-5-6-9/h2-4,9-10H,5-7,14H2,1H3. The van der Waals surface area contributed by atoms with Crippen LogP contribution in [0.3, 0.4) is 0 Å². The van der Waals surface area contributed by atoms with Gasteiger partial charge in [-0.05, 0) is 37.3 Å². The van der Waals surface area contributed by atoms with Gasteiger partial charge in [0.1, 0.15) is 5.52 Å². The summed E-state index contributed by atoms with van der Waals surface area (Å²) in [6.07, 6.45) is 3.29. The second kappa shape index (κ2) is 3.59. The van der Waals surface area contributed by atoms with Crippen LogP contribution in [0.25, 0.3) is 11.1 Å². The number of rotatable bonds is 3. The third kappa shape index (κ3) is 1.71. The molecule has 1 aromatic carbocycles. The predicted molar refractivity (Wildman–Crippen MR) is 63.1 cm³/mol. The van der Waals surface area contributed by atoms with Crippen LogP contribution in [-0.4, -0.2) is 11.0 Å². The number of fused-ring (bicyclic) bond motifs is 1. The molecule has 16 heavy (non-hydrogen) atoms. The van der Waals surface area contributed by atoms with Gasteiger partial charge in [-0.15, -0.1) is 0 Å². The van der Waals surface area contributed by atoms with E-state index >= 15 is 0 Å². The number of benzene rings is 1. The molecule has 0 aliphatic heterocycles. The molecule has 2 aromatic rings. The molecule has 2 N–H and O–H groups in total. The fourth-order valence-electron chi connectivity index (χ4n) is 2.11. The Morgan fingerprint density at radius 3 is 3.00 bits per heavy atom. The fraction of sp³-hybridized carbons (Fsp3) is 0.462. The lowest BCUT2D eigenvalue weighted by molar-refractivity contribution is 0.474. The lowest BCUT2D eigenvalue weighted by Crippen LogP contribution is -2.25. The number of aromatic nitrogens is 1. The molecule has 3 nitrogen and oxygen atoms in total. The van der Waals surface area contributed by atoms with Gasteiger partial charge >= 0.3 is 0 Å². The molecule has 0 saturated heterocycles. The summed E-state index contributed by atoms with van der Waals surface area (Å²) in [4.78, 5) is 4.48. The summed E-state index contributed by atoms with van der Waals surface area (Å²) < 4.78 is 5.76. The molecule has 0 bridgehead atoms. The normalized spacial score (nSPS) is 17.9. The maximum Gasteiger partial charge on any atom is 0.197 e. The van der Waals surface area contributed by atoms with Crippen molar-refractivity contribution in [2.45, 2.75) is 32.2 Å². The molecular weight excluding hydrogens is 200 g/mol. The van der Waals surface area contributed by atoms with Gasteiger partial charge in [0, 0.05) is 12.5 Å². The van der Waals surface area contributed by atoms with Gasteiger partial charge in [0.25, 0.3) is 0 Å². The number of nitrogens with zero attached hydrogens (tertiary/aromatic N) is 1. The van der Waals surface area contributed by atoms with Crippen LogP contribution >= 0.6 is 0 Å². The van der Waals surface area contributed by atoms with Gasteiger partial charge in [-0.2, -0.15) is 0 Å². The smallest absolute Gasteiger partial charge is 0.197 e. The molecule has 1 aromatic heterocycles. The molecule has 0 spiro atoms. The number of nitrogens with two attached hydrogens (primary N) is 1. The van der Waals surface area contributed by atoms with E-state index in [-0.39, 0.29) is 6.04 Å². The average molecular weight is 216 g/mol. The molecule has 1 saturated carbocycles. The summed E-state index contributed by atoms with van der Waals surface area (Å²) in [6.45, 7) is 2.04. The van der Waals surface area contributed by atoms with Gasteiger partial charge in [-0.3, -0.25) is 0 Å². The monoisotopic (exact) mass is 216 g/mol.